The Labute approximate surface area is 148 Å². The van der Waals surface area contributed by atoms with Crippen molar-refractivity contribution in [3.05, 3.63) is 59.0 Å². The van der Waals surface area contributed by atoms with E-state index in [1.54, 1.807) is 35.7 Å². The molecule has 3 rings (SSSR count). The monoisotopic (exact) mass is 380 g/mol. The number of nitrogens with one attached hydrogen (secondary N) is 1. The van der Waals surface area contributed by atoms with E-state index in [0.29, 0.717) is 11.5 Å². The van der Waals surface area contributed by atoms with Gasteiger partial charge < -0.3 is 5.11 Å². The average molecular weight is 381 g/mol. The molecular weight excluding hydrogens is 368 g/mol. The lowest BCUT2D eigenvalue weighted by Gasteiger charge is -2.14. The van der Waals surface area contributed by atoms with Gasteiger partial charge in [0, 0.05) is 6.20 Å². The molecule has 8 nitrogen and oxygen atoms in total. The summed E-state index contributed by atoms with van der Waals surface area (Å²) in [5.74, 6) is -0.852. The van der Waals surface area contributed by atoms with Gasteiger partial charge in [-0.2, -0.15) is 0 Å². The maximum atomic E-state index is 12.6. The standard InChI is InChI=1S/C15H13ClN4O4S/c1-9(14-18-17-13-4-2-3-7-20(13)14)19-25(23,24)12-8-10(15(21)22)5-6-11(12)16/h2-9,19H,1H3,(H,21,22). The number of aromatic nitrogens is 3. The summed E-state index contributed by atoms with van der Waals surface area (Å²) >= 11 is 5.94. The molecule has 1 aromatic carbocycles. The first-order chi connectivity index (χ1) is 11.8. The van der Waals surface area contributed by atoms with Crippen molar-refractivity contribution >= 4 is 33.2 Å². The number of benzene rings is 1. The normalized spacial score (nSPS) is 13.0. The van der Waals surface area contributed by atoms with Gasteiger partial charge in [-0.1, -0.05) is 17.7 Å². The van der Waals surface area contributed by atoms with E-state index >= 15 is 0 Å². The lowest BCUT2D eigenvalue weighted by atomic mass is 10.2. The molecule has 0 aliphatic heterocycles. The van der Waals surface area contributed by atoms with Crippen LogP contribution in [0.1, 0.15) is 29.1 Å². The quantitative estimate of drug-likeness (QED) is 0.700. The van der Waals surface area contributed by atoms with E-state index in [1.807, 2.05) is 0 Å². The number of aromatic carboxylic acids is 1. The molecule has 2 N–H and O–H groups in total. The van der Waals surface area contributed by atoms with Crippen LogP contribution < -0.4 is 4.72 Å². The van der Waals surface area contributed by atoms with Crippen molar-refractivity contribution in [1.29, 1.82) is 0 Å². The SMILES string of the molecule is CC(NS(=O)(=O)c1cc(C(=O)O)ccc1Cl)c1nnc2ccccn12. The molecule has 0 bridgehead atoms. The summed E-state index contributed by atoms with van der Waals surface area (Å²) in [6.07, 6.45) is 1.72. The summed E-state index contributed by atoms with van der Waals surface area (Å²) in [6, 6.07) is 8.07. The van der Waals surface area contributed by atoms with Gasteiger partial charge in [0.2, 0.25) is 10.0 Å². The van der Waals surface area contributed by atoms with Crippen molar-refractivity contribution in [3.8, 4) is 0 Å². The van der Waals surface area contributed by atoms with Crippen LogP contribution in [0.4, 0.5) is 0 Å². The highest BCUT2D eigenvalue weighted by Crippen LogP contribution is 2.24. The van der Waals surface area contributed by atoms with Crippen LogP contribution in [0.2, 0.25) is 5.02 Å². The van der Waals surface area contributed by atoms with Gasteiger partial charge >= 0.3 is 5.97 Å². The largest absolute Gasteiger partial charge is 0.478 e. The Morgan fingerprint density at radius 2 is 2.04 bits per heavy atom. The second kappa shape index (κ2) is 6.43. The third kappa shape index (κ3) is 3.34. The van der Waals surface area contributed by atoms with E-state index in [9.17, 15) is 13.2 Å². The van der Waals surface area contributed by atoms with Crippen molar-refractivity contribution in [2.45, 2.75) is 17.9 Å². The van der Waals surface area contributed by atoms with Gasteiger partial charge in [-0.3, -0.25) is 4.40 Å². The molecule has 3 aromatic rings. The number of fused-ring (bicyclic) bond motifs is 1. The second-order valence-corrected chi connectivity index (χ2v) is 7.37. The van der Waals surface area contributed by atoms with Crippen LogP contribution in [0.5, 0.6) is 0 Å². The first kappa shape index (κ1) is 17.3. The molecule has 0 fully saturated rings. The summed E-state index contributed by atoms with van der Waals surface area (Å²) in [6.45, 7) is 1.61. The summed E-state index contributed by atoms with van der Waals surface area (Å²) in [5, 5.41) is 16.9. The van der Waals surface area contributed by atoms with E-state index in [0.717, 1.165) is 6.07 Å². The Morgan fingerprint density at radius 1 is 1.28 bits per heavy atom. The number of halogens is 1. The van der Waals surface area contributed by atoms with Gasteiger partial charge in [0.15, 0.2) is 11.5 Å². The molecule has 0 saturated carbocycles. The fraction of sp³-hybridized carbons (Fsp3) is 0.133. The molecule has 0 radical (unpaired) electrons. The van der Waals surface area contributed by atoms with Crippen LogP contribution in [0.15, 0.2) is 47.5 Å². The minimum atomic E-state index is -4.07. The number of hydrogen-bond donors (Lipinski definition) is 2. The van der Waals surface area contributed by atoms with Gasteiger partial charge in [0.1, 0.15) is 4.90 Å². The fourth-order valence-electron chi connectivity index (χ4n) is 2.35. The smallest absolute Gasteiger partial charge is 0.335 e. The van der Waals surface area contributed by atoms with E-state index in [-0.39, 0.29) is 15.5 Å². The van der Waals surface area contributed by atoms with Crippen molar-refractivity contribution in [2.75, 3.05) is 0 Å². The Morgan fingerprint density at radius 3 is 2.76 bits per heavy atom. The minimum Gasteiger partial charge on any atom is -0.478 e. The molecule has 130 valence electrons. The van der Waals surface area contributed by atoms with Gasteiger partial charge in [-0.15, -0.1) is 10.2 Å². The van der Waals surface area contributed by atoms with E-state index in [4.69, 9.17) is 16.7 Å². The number of carboxylic acid groups (broad SMARTS) is 1. The Bertz CT molecular complexity index is 1060. The number of hydrogen-bond acceptors (Lipinski definition) is 5. The van der Waals surface area contributed by atoms with Crippen LogP contribution in [0.3, 0.4) is 0 Å². The van der Waals surface area contributed by atoms with Crippen molar-refractivity contribution < 1.29 is 18.3 Å². The topological polar surface area (TPSA) is 114 Å². The maximum Gasteiger partial charge on any atom is 0.335 e. The maximum absolute atomic E-state index is 12.6. The molecule has 2 heterocycles. The number of sulfonamides is 1. The molecule has 10 heteroatoms. The average Bonchev–Trinajstić information content (AvgIpc) is 2.98. The molecule has 0 saturated heterocycles. The van der Waals surface area contributed by atoms with Crippen LogP contribution in [0.25, 0.3) is 5.65 Å². The molecule has 2 aromatic heterocycles. The van der Waals surface area contributed by atoms with Crippen molar-refractivity contribution in [1.82, 2.24) is 19.3 Å². The lowest BCUT2D eigenvalue weighted by Crippen LogP contribution is -2.28. The second-order valence-electron chi connectivity index (χ2n) is 5.28. The van der Waals surface area contributed by atoms with Gasteiger partial charge in [-0.25, -0.2) is 17.9 Å². The van der Waals surface area contributed by atoms with Gasteiger partial charge in [0.25, 0.3) is 0 Å². The molecule has 1 atom stereocenters. The van der Waals surface area contributed by atoms with E-state index < -0.39 is 22.0 Å². The van der Waals surface area contributed by atoms with E-state index in [2.05, 4.69) is 14.9 Å². The zero-order valence-corrected chi connectivity index (χ0v) is 14.5. The van der Waals surface area contributed by atoms with Crippen LogP contribution in [0, 0.1) is 0 Å². The van der Waals surface area contributed by atoms with Crippen LogP contribution in [-0.2, 0) is 10.0 Å². The number of nitrogens with zero attached hydrogens (tertiary/aromatic N) is 3. The fourth-order valence-corrected chi connectivity index (χ4v) is 4.07. The van der Waals surface area contributed by atoms with Gasteiger partial charge in [-0.05, 0) is 37.3 Å². The number of rotatable bonds is 5. The van der Waals surface area contributed by atoms with Crippen molar-refractivity contribution in [2.24, 2.45) is 0 Å². The third-order valence-electron chi connectivity index (χ3n) is 3.53. The molecule has 25 heavy (non-hydrogen) atoms. The highest BCUT2D eigenvalue weighted by Gasteiger charge is 2.25. The summed E-state index contributed by atoms with van der Waals surface area (Å²) < 4.78 is 29.3. The Kier molecular flexibility index (Phi) is 4.46. The first-order valence-corrected chi connectivity index (χ1v) is 9.00. The molecule has 0 aliphatic carbocycles. The first-order valence-electron chi connectivity index (χ1n) is 7.14. The summed E-state index contributed by atoms with van der Waals surface area (Å²) in [5.41, 5.74) is 0.403. The number of pyridine rings is 1. The van der Waals surface area contributed by atoms with Crippen molar-refractivity contribution in [3.63, 3.8) is 0 Å². The summed E-state index contributed by atoms with van der Waals surface area (Å²) in [7, 11) is -4.07. The number of carboxylic acids is 1. The highest BCUT2D eigenvalue weighted by molar-refractivity contribution is 7.89. The minimum absolute atomic E-state index is 0.0733. The molecule has 0 spiro atoms. The predicted molar refractivity (Wildman–Crippen MR) is 90.1 cm³/mol. The molecule has 1 unspecified atom stereocenters. The molecule has 0 amide bonds. The lowest BCUT2D eigenvalue weighted by molar-refractivity contribution is 0.0696. The van der Waals surface area contributed by atoms with Crippen LogP contribution >= 0.6 is 11.6 Å². The zero-order valence-electron chi connectivity index (χ0n) is 12.9. The molecular formula is C15H13ClN4O4S. The Hall–Kier alpha value is -2.49. The van der Waals surface area contributed by atoms with Crippen LogP contribution in [-0.4, -0.2) is 34.1 Å². The number of carbonyl (C=O) groups is 1. The summed E-state index contributed by atoms with van der Waals surface area (Å²) in [4.78, 5) is 10.8. The zero-order chi connectivity index (χ0) is 18.2. The van der Waals surface area contributed by atoms with E-state index in [1.165, 1.54) is 12.1 Å². The van der Waals surface area contributed by atoms with Gasteiger partial charge in [0.05, 0.1) is 16.6 Å². The highest BCUT2D eigenvalue weighted by atomic mass is 35.5. The molecule has 0 aliphatic rings. The third-order valence-corrected chi connectivity index (χ3v) is 5.55. The predicted octanol–water partition coefficient (Wildman–Crippen LogP) is 2.12. The Balaban J connectivity index is 1.96.